The van der Waals surface area contributed by atoms with E-state index in [9.17, 15) is 4.79 Å². The molecule has 138 valence electrons. The minimum Gasteiger partial charge on any atom is -0.493 e. The van der Waals surface area contributed by atoms with Crippen LogP contribution in [0.2, 0.25) is 0 Å². The van der Waals surface area contributed by atoms with Gasteiger partial charge in [0.25, 0.3) is 5.91 Å². The molecule has 1 saturated heterocycles. The third-order valence-electron chi connectivity index (χ3n) is 4.03. The summed E-state index contributed by atoms with van der Waals surface area (Å²) in [6, 6.07) is 14.4. The Balaban J connectivity index is 1.45. The zero-order valence-corrected chi connectivity index (χ0v) is 14.8. The fourth-order valence-corrected chi connectivity index (χ4v) is 2.68. The van der Waals surface area contributed by atoms with Crippen LogP contribution < -0.4 is 19.5 Å². The van der Waals surface area contributed by atoms with Gasteiger partial charge in [-0.15, -0.1) is 0 Å². The summed E-state index contributed by atoms with van der Waals surface area (Å²) in [7, 11) is 1.56. The van der Waals surface area contributed by atoms with Crippen LogP contribution in [0.4, 0.5) is 5.69 Å². The minimum absolute atomic E-state index is 0.0996. The largest absolute Gasteiger partial charge is 0.493 e. The number of para-hydroxylation sites is 2. The van der Waals surface area contributed by atoms with Crippen LogP contribution in [0.25, 0.3) is 0 Å². The molecule has 1 fully saturated rings. The molecule has 0 saturated carbocycles. The predicted molar refractivity (Wildman–Crippen MR) is 98.0 cm³/mol. The molecule has 1 N–H and O–H groups in total. The number of ether oxygens (including phenoxy) is 4. The lowest BCUT2D eigenvalue weighted by atomic mass is 10.2. The molecule has 1 heterocycles. The maximum Gasteiger partial charge on any atom is 0.262 e. The zero-order valence-electron chi connectivity index (χ0n) is 14.8. The molecule has 0 unspecified atom stereocenters. The zero-order chi connectivity index (χ0) is 18.2. The molecule has 0 aliphatic carbocycles. The molecule has 6 nitrogen and oxygen atoms in total. The van der Waals surface area contributed by atoms with Gasteiger partial charge in [0, 0.05) is 12.3 Å². The van der Waals surface area contributed by atoms with Crippen LogP contribution in [-0.2, 0) is 9.53 Å². The van der Waals surface area contributed by atoms with E-state index in [1.165, 1.54) is 0 Å². The fourth-order valence-electron chi connectivity index (χ4n) is 2.68. The van der Waals surface area contributed by atoms with E-state index < -0.39 is 0 Å². The SMILES string of the molecule is COc1ccccc1OCC(=O)Nc1ccc(OC[C@@H]2CCCO2)cc1. The first-order chi connectivity index (χ1) is 12.7. The fraction of sp³-hybridized carbons (Fsp3) is 0.350. The molecule has 6 heteroatoms. The number of carbonyl (C=O) groups is 1. The highest BCUT2D eigenvalue weighted by Gasteiger charge is 2.16. The van der Waals surface area contributed by atoms with Gasteiger partial charge in [0.05, 0.1) is 13.2 Å². The maximum absolute atomic E-state index is 12.0. The summed E-state index contributed by atoms with van der Waals surface area (Å²) < 4.78 is 21.9. The molecular weight excluding hydrogens is 334 g/mol. The minimum atomic E-state index is -0.246. The smallest absolute Gasteiger partial charge is 0.262 e. The van der Waals surface area contributed by atoms with Gasteiger partial charge in [-0.1, -0.05) is 12.1 Å². The second-order valence-corrected chi connectivity index (χ2v) is 5.96. The summed E-state index contributed by atoms with van der Waals surface area (Å²) in [6.07, 6.45) is 2.32. The Kier molecular flexibility index (Phi) is 6.33. The lowest BCUT2D eigenvalue weighted by molar-refractivity contribution is -0.118. The average molecular weight is 357 g/mol. The van der Waals surface area contributed by atoms with Crippen LogP contribution >= 0.6 is 0 Å². The van der Waals surface area contributed by atoms with Gasteiger partial charge in [-0.25, -0.2) is 0 Å². The normalized spacial score (nSPS) is 16.1. The summed E-state index contributed by atoms with van der Waals surface area (Å²) in [5.41, 5.74) is 0.683. The molecule has 1 aliphatic heterocycles. The quantitative estimate of drug-likeness (QED) is 0.785. The van der Waals surface area contributed by atoms with Crippen LogP contribution in [0.1, 0.15) is 12.8 Å². The third-order valence-corrected chi connectivity index (χ3v) is 4.03. The maximum atomic E-state index is 12.0. The van der Waals surface area contributed by atoms with Crippen molar-refractivity contribution in [3.05, 3.63) is 48.5 Å². The van der Waals surface area contributed by atoms with E-state index in [0.29, 0.717) is 23.8 Å². The summed E-state index contributed by atoms with van der Waals surface area (Å²) >= 11 is 0. The second-order valence-electron chi connectivity index (χ2n) is 5.96. The number of rotatable bonds is 8. The number of hydrogen-bond donors (Lipinski definition) is 1. The van der Waals surface area contributed by atoms with E-state index in [-0.39, 0.29) is 18.6 Å². The lowest BCUT2D eigenvalue weighted by Gasteiger charge is -2.12. The second kappa shape index (κ2) is 9.10. The van der Waals surface area contributed by atoms with Crippen LogP contribution in [0.5, 0.6) is 17.2 Å². The Morgan fingerprint density at radius 1 is 1.12 bits per heavy atom. The van der Waals surface area contributed by atoms with Gasteiger partial charge in [-0.05, 0) is 49.2 Å². The number of benzene rings is 2. The van der Waals surface area contributed by atoms with Crippen molar-refractivity contribution in [3.63, 3.8) is 0 Å². The highest BCUT2D eigenvalue weighted by molar-refractivity contribution is 5.91. The van der Waals surface area contributed by atoms with Crippen LogP contribution in [0, 0.1) is 0 Å². The van der Waals surface area contributed by atoms with E-state index >= 15 is 0 Å². The van der Waals surface area contributed by atoms with E-state index in [1.54, 1.807) is 31.4 Å². The Hall–Kier alpha value is -2.73. The van der Waals surface area contributed by atoms with Crippen molar-refractivity contribution in [2.24, 2.45) is 0 Å². The average Bonchev–Trinajstić information content (AvgIpc) is 3.20. The molecule has 3 rings (SSSR count). The van der Waals surface area contributed by atoms with Crippen LogP contribution in [0.15, 0.2) is 48.5 Å². The van der Waals surface area contributed by atoms with Gasteiger partial charge in [0.1, 0.15) is 12.4 Å². The summed E-state index contributed by atoms with van der Waals surface area (Å²) in [5, 5.41) is 2.79. The van der Waals surface area contributed by atoms with Crippen molar-refractivity contribution in [2.45, 2.75) is 18.9 Å². The molecule has 1 amide bonds. The first-order valence-corrected chi connectivity index (χ1v) is 8.65. The number of hydrogen-bond acceptors (Lipinski definition) is 5. The molecule has 26 heavy (non-hydrogen) atoms. The number of nitrogens with one attached hydrogen (secondary N) is 1. The number of carbonyl (C=O) groups excluding carboxylic acids is 1. The van der Waals surface area contributed by atoms with Crippen molar-refractivity contribution in [2.75, 3.05) is 32.2 Å². The van der Waals surface area contributed by atoms with Crippen molar-refractivity contribution < 1.29 is 23.7 Å². The highest BCUT2D eigenvalue weighted by atomic mass is 16.5. The molecular formula is C20H23NO5. The Morgan fingerprint density at radius 2 is 1.88 bits per heavy atom. The summed E-state index contributed by atoms with van der Waals surface area (Å²) in [4.78, 5) is 12.0. The van der Waals surface area contributed by atoms with E-state index in [1.807, 2.05) is 24.3 Å². The first kappa shape index (κ1) is 18.1. The standard InChI is InChI=1S/C20H23NO5/c1-23-18-6-2-3-7-19(18)26-14-20(22)21-15-8-10-16(11-9-15)25-13-17-5-4-12-24-17/h2-3,6-11,17H,4-5,12-14H2,1H3,(H,21,22)/t17-/m0/s1. The third kappa shape index (κ3) is 5.13. The summed E-state index contributed by atoms with van der Waals surface area (Å²) in [5.74, 6) is 1.63. The molecule has 0 radical (unpaired) electrons. The Morgan fingerprint density at radius 3 is 2.58 bits per heavy atom. The van der Waals surface area contributed by atoms with Gasteiger partial charge in [0.2, 0.25) is 0 Å². The van der Waals surface area contributed by atoms with E-state index in [0.717, 1.165) is 25.2 Å². The summed E-state index contributed by atoms with van der Waals surface area (Å²) in [6.45, 7) is 1.27. The Labute approximate surface area is 153 Å². The molecule has 2 aromatic rings. The number of methoxy groups -OCH3 is 1. The van der Waals surface area contributed by atoms with Crippen molar-refractivity contribution in [1.29, 1.82) is 0 Å². The molecule has 0 aromatic heterocycles. The van der Waals surface area contributed by atoms with Crippen LogP contribution in [-0.4, -0.2) is 38.9 Å². The first-order valence-electron chi connectivity index (χ1n) is 8.65. The van der Waals surface area contributed by atoms with Gasteiger partial charge in [0.15, 0.2) is 18.1 Å². The van der Waals surface area contributed by atoms with Crippen LogP contribution in [0.3, 0.4) is 0 Å². The molecule has 0 spiro atoms. The van der Waals surface area contributed by atoms with Crippen molar-refractivity contribution in [3.8, 4) is 17.2 Å². The number of anilines is 1. The van der Waals surface area contributed by atoms with Crippen molar-refractivity contribution in [1.82, 2.24) is 0 Å². The Bertz CT molecular complexity index is 710. The van der Waals surface area contributed by atoms with Gasteiger partial charge < -0.3 is 24.3 Å². The molecule has 0 bridgehead atoms. The molecule has 1 aliphatic rings. The molecule has 2 aromatic carbocycles. The number of amides is 1. The van der Waals surface area contributed by atoms with Gasteiger partial charge >= 0.3 is 0 Å². The van der Waals surface area contributed by atoms with Gasteiger partial charge in [-0.3, -0.25) is 4.79 Å². The van der Waals surface area contributed by atoms with E-state index in [4.69, 9.17) is 18.9 Å². The highest BCUT2D eigenvalue weighted by Crippen LogP contribution is 2.25. The van der Waals surface area contributed by atoms with Gasteiger partial charge in [-0.2, -0.15) is 0 Å². The monoisotopic (exact) mass is 357 g/mol. The lowest BCUT2D eigenvalue weighted by Crippen LogP contribution is -2.20. The van der Waals surface area contributed by atoms with Crippen molar-refractivity contribution >= 4 is 11.6 Å². The predicted octanol–water partition coefficient (Wildman–Crippen LogP) is 3.27. The van der Waals surface area contributed by atoms with E-state index in [2.05, 4.69) is 5.32 Å². The molecule has 1 atom stereocenters. The topological polar surface area (TPSA) is 66.0 Å².